The van der Waals surface area contributed by atoms with Gasteiger partial charge < -0.3 is 5.11 Å². The Morgan fingerprint density at radius 2 is 1.90 bits per heavy atom. The van der Waals surface area contributed by atoms with E-state index in [0.717, 1.165) is 23.1 Å². The number of halogens is 1. The van der Waals surface area contributed by atoms with Gasteiger partial charge in [0.25, 0.3) is 0 Å². The number of aliphatic hydroxyl groups excluding tert-OH is 1. The van der Waals surface area contributed by atoms with Crippen LogP contribution in [0.4, 0.5) is 0 Å². The van der Waals surface area contributed by atoms with Gasteiger partial charge in [0, 0.05) is 0 Å². The van der Waals surface area contributed by atoms with Gasteiger partial charge in [-0.3, -0.25) is 0 Å². The van der Waals surface area contributed by atoms with E-state index in [-0.39, 0.29) is 6.10 Å². The number of rotatable bonds is 10. The van der Waals surface area contributed by atoms with Gasteiger partial charge in [-0.15, -0.1) is 0 Å². The molecule has 0 saturated heterocycles. The molecule has 2 nitrogen and oxygen atoms in total. The highest BCUT2D eigenvalue weighted by Crippen LogP contribution is 2.10. The molecule has 0 unspecified atom stereocenters. The van der Waals surface area contributed by atoms with Crippen LogP contribution >= 0.6 is 15.9 Å². The van der Waals surface area contributed by atoms with Crippen LogP contribution in [0.3, 0.4) is 0 Å². The fourth-order valence-corrected chi connectivity index (χ4v) is 2.45. The maximum Gasteiger partial charge on any atom is 0.106 e. The zero-order chi connectivity index (χ0) is 15.3. The van der Waals surface area contributed by atoms with Crippen molar-refractivity contribution in [2.75, 3.05) is 0 Å². The van der Waals surface area contributed by atoms with Crippen molar-refractivity contribution < 1.29 is 5.11 Å². The molecule has 0 spiro atoms. The summed E-state index contributed by atoms with van der Waals surface area (Å²) in [5.74, 6) is 0. The van der Waals surface area contributed by atoms with Gasteiger partial charge in [-0.1, -0.05) is 69.7 Å². The number of allylic oxidation sites excluding steroid dienone is 2. The molecule has 0 fully saturated rings. The van der Waals surface area contributed by atoms with Gasteiger partial charge in [0.1, 0.15) is 4.60 Å². The van der Waals surface area contributed by atoms with E-state index in [2.05, 4.69) is 27.8 Å². The van der Waals surface area contributed by atoms with E-state index in [0.29, 0.717) is 0 Å². The Morgan fingerprint density at radius 1 is 1.14 bits per heavy atom. The van der Waals surface area contributed by atoms with Crippen LogP contribution in [-0.4, -0.2) is 16.2 Å². The molecule has 1 aromatic rings. The van der Waals surface area contributed by atoms with Gasteiger partial charge in [-0.2, -0.15) is 0 Å². The zero-order valence-corrected chi connectivity index (χ0v) is 14.4. The summed E-state index contributed by atoms with van der Waals surface area (Å²) in [6, 6.07) is 5.80. The summed E-state index contributed by atoms with van der Waals surface area (Å²) in [5, 5.41) is 9.85. The molecule has 0 aliphatic rings. The summed E-state index contributed by atoms with van der Waals surface area (Å²) >= 11 is 3.34. The van der Waals surface area contributed by atoms with Crippen molar-refractivity contribution in [1.82, 2.24) is 4.98 Å². The van der Waals surface area contributed by atoms with Crippen LogP contribution in [0, 0.1) is 0 Å². The van der Waals surface area contributed by atoms with Crippen molar-refractivity contribution in [3.05, 3.63) is 46.7 Å². The zero-order valence-electron chi connectivity index (χ0n) is 12.8. The first kappa shape index (κ1) is 18.1. The van der Waals surface area contributed by atoms with Crippen LogP contribution in [-0.2, 0) is 0 Å². The number of pyridine rings is 1. The average Bonchev–Trinajstić information content (AvgIpc) is 2.47. The third-order valence-corrected chi connectivity index (χ3v) is 3.74. The number of aliphatic hydroxyl groups is 1. The second kappa shape index (κ2) is 11.7. The molecule has 1 rings (SSSR count). The lowest BCUT2D eigenvalue weighted by Gasteiger charge is -2.04. The standard InChI is InChI=1S/C18H26BrNO/c1-2-3-4-5-6-7-13-17(21)14-9-8-11-16-12-10-15-18(19)20-16/h8-12,14-15,17,21H,2-7,13H2,1H3/b11-8+,14-9+/t17-/m0/s1. The Hall–Kier alpha value is -0.930. The van der Waals surface area contributed by atoms with Crippen LogP contribution < -0.4 is 0 Å². The maximum absolute atomic E-state index is 9.85. The first-order valence-electron chi connectivity index (χ1n) is 7.88. The summed E-state index contributed by atoms with van der Waals surface area (Å²) in [4.78, 5) is 4.31. The van der Waals surface area contributed by atoms with E-state index < -0.39 is 0 Å². The molecule has 0 amide bonds. The van der Waals surface area contributed by atoms with Crippen LogP contribution in [0.25, 0.3) is 6.08 Å². The molecule has 1 atom stereocenters. The van der Waals surface area contributed by atoms with Crippen molar-refractivity contribution in [2.45, 2.75) is 58.0 Å². The molecule has 21 heavy (non-hydrogen) atoms. The SMILES string of the molecule is CCCCCCCC[C@H](O)/C=C/C=C/c1cccc(Br)n1. The minimum Gasteiger partial charge on any atom is -0.389 e. The molecule has 1 heterocycles. The molecule has 0 bridgehead atoms. The Labute approximate surface area is 137 Å². The normalized spacial score (nSPS) is 13.3. The third kappa shape index (κ3) is 9.59. The van der Waals surface area contributed by atoms with E-state index in [4.69, 9.17) is 0 Å². The molecular formula is C18H26BrNO. The first-order chi connectivity index (χ1) is 10.2. The molecule has 0 saturated carbocycles. The number of aromatic nitrogens is 1. The maximum atomic E-state index is 9.85. The predicted molar refractivity (Wildman–Crippen MR) is 94.1 cm³/mol. The average molecular weight is 352 g/mol. The van der Waals surface area contributed by atoms with Crippen molar-refractivity contribution in [2.24, 2.45) is 0 Å². The Morgan fingerprint density at radius 3 is 2.67 bits per heavy atom. The summed E-state index contributed by atoms with van der Waals surface area (Å²) in [5.41, 5.74) is 0.902. The lowest BCUT2D eigenvalue weighted by molar-refractivity contribution is 0.208. The highest BCUT2D eigenvalue weighted by molar-refractivity contribution is 9.10. The summed E-state index contributed by atoms with van der Waals surface area (Å²) in [7, 11) is 0. The highest BCUT2D eigenvalue weighted by atomic mass is 79.9. The van der Waals surface area contributed by atoms with Gasteiger partial charge in [-0.25, -0.2) is 4.98 Å². The van der Waals surface area contributed by atoms with Crippen LogP contribution in [0.2, 0.25) is 0 Å². The minimum absolute atomic E-state index is 0.337. The van der Waals surface area contributed by atoms with E-state index in [1.807, 2.05) is 42.5 Å². The smallest absolute Gasteiger partial charge is 0.106 e. The van der Waals surface area contributed by atoms with E-state index in [1.165, 1.54) is 32.1 Å². The topological polar surface area (TPSA) is 33.1 Å². The van der Waals surface area contributed by atoms with Crippen LogP contribution in [0.1, 0.15) is 57.6 Å². The second-order valence-corrected chi connectivity index (χ2v) is 6.07. The van der Waals surface area contributed by atoms with Crippen molar-refractivity contribution >= 4 is 22.0 Å². The summed E-state index contributed by atoms with van der Waals surface area (Å²) < 4.78 is 0.830. The first-order valence-corrected chi connectivity index (χ1v) is 8.67. The molecule has 1 aromatic heterocycles. The molecule has 0 radical (unpaired) electrons. The Bertz CT molecular complexity index is 443. The quantitative estimate of drug-likeness (QED) is 0.341. The van der Waals surface area contributed by atoms with Gasteiger partial charge >= 0.3 is 0 Å². The largest absolute Gasteiger partial charge is 0.389 e. The predicted octanol–water partition coefficient (Wildman–Crippen LogP) is 5.53. The molecule has 0 aliphatic carbocycles. The van der Waals surface area contributed by atoms with Crippen molar-refractivity contribution in [3.8, 4) is 0 Å². The lowest BCUT2D eigenvalue weighted by Crippen LogP contribution is -2.01. The fraction of sp³-hybridized carbons (Fsp3) is 0.500. The van der Waals surface area contributed by atoms with Crippen LogP contribution in [0.15, 0.2) is 41.0 Å². The summed E-state index contributed by atoms with van der Waals surface area (Å²) in [6.45, 7) is 2.23. The third-order valence-electron chi connectivity index (χ3n) is 3.30. The van der Waals surface area contributed by atoms with Crippen molar-refractivity contribution in [1.29, 1.82) is 0 Å². The molecule has 0 aliphatic heterocycles. The van der Waals surface area contributed by atoms with Gasteiger partial charge in [0.05, 0.1) is 11.8 Å². The lowest BCUT2D eigenvalue weighted by atomic mass is 10.1. The van der Waals surface area contributed by atoms with Crippen LogP contribution in [0.5, 0.6) is 0 Å². The van der Waals surface area contributed by atoms with E-state index in [1.54, 1.807) is 0 Å². The van der Waals surface area contributed by atoms with Gasteiger partial charge in [-0.05, 0) is 40.6 Å². The second-order valence-electron chi connectivity index (χ2n) is 5.25. The van der Waals surface area contributed by atoms with Crippen molar-refractivity contribution in [3.63, 3.8) is 0 Å². The molecule has 0 aromatic carbocycles. The minimum atomic E-state index is -0.337. The van der Waals surface area contributed by atoms with E-state index in [9.17, 15) is 5.11 Å². The number of hydrogen-bond acceptors (Lipinski definition) is 2. The molecular weight excluding hydrogens is 326 g/mol. The monoisotopic (exact) mass is 351 g/mol. The molecule has 116 valence electrons. The van der Waals surface area contributed by atoms with E-state index >= 15 is 0 Å². The number of hydrogen-bond donors (Lipinski definition) is 1. The highest BCUT2D eigenvalue weighted by Gasteiger charge is 1.98. The molecule has 3 heteroatoms. The number of nitrogens with zero attached hydrogens (tertiary/aromatic N) is 1. The Kier molecular flexibility index (Phi) is 10.1. The number of unbranched alkanes of at least 4 members (excludes halogenated alkanes) is 5. The van der Waals surface area contributed by atoms with Gasteiger partial charge in [0.15, 0.2) is 0 Å². The molecule has 1 N–H and O–H groups in total. The Balaban J connectivity index is 2.17. The summed E-state index contributed by atoms with van der Waals surface area (Å²) in [6.07, 6.45) is 15.7. The van der Waals surface area contributed by atoms with Gasteiger partial charge in [0.2, 0.25) is 0 Å². The fourth-order valence-electron chi connectivity index (χ4n) is 2.09.